The van der Waals surface area contributed by atoms with Crippen LogP contribution >= 0.6 is 0 Å². The number of rotatable bonds is 2. The van der Waals surface area contributed by atoms with Crippen LogP contribution in [0.25, 0.3) is 22.6 Å². The number of benzene rings is 1. The number of fused-ring (bicyclic) bond motifs is 1. The molecule has 1 aliphatic carbocycles. The normalized spacial score (nSPS) is 14.6. The van der Waals surface area contributed by atoms with Gasteiger partial charge in [-0.25, -0.2) is 4.98 Å². The monoisotopic (exact) mass is 264 g/mol. The van der Waals surface area contributed by atoms with Gasteiger partial charge in [0.25, 0.3) is 0 Å². The molecule has 1 aromatic carbocycles. The molecule has 5 heteroatoms. The number of imidazole rings is 1. The van der Waals surface area contributed by atoms with Gasteiger partial charge in [0.05, 0.1) is 22.7 Å². The summed E-state index contributed by atoms with van der Waals surface area (Å²) in [5.41, 5.74) is 3.28. The molecule has 2 heterocycles. The molecule has 4 rings (SSSR count). The van der Waals surface area contributed by atoms with Crippen molar-refractivity contribution in [3.05, 3.63) is 35.6 Å². The van der Waals surface area contributed by atoms with E-state index in [1.165, 1.54) is 0 Å². The lowest BCUT2D eigenvalue weighted by Gasteiger charge is -2.04. The highest BCUT2D eigenvalue weighted by molar-refractivity contribution is 5.81. The average molecular weight is 264 g/mol. The van der Waals surface area contributed by atoms with Gasteiger partial charge in [-0.2, -0.15) is 5.26 Å². The Morgan fingerprint density at radius 1 is 1.35 bits per heavy atom. The maximum atomic E-state index is 9.00. The van der Waals surface area contributed by atoms with E-state index >= 15 is 0 Å². The summed E-state index contributed by atoms with van der Waals surface area (Å²) in [6.07, 6.45) is 2.32. The second-order valence-corrected chi connectivity index (χ2v) is 5.17. The summed E-state index contributed by atoms with van der Waals surface area (Å²) in [6, 6.07) is 10.2. The molecule has 0 saturated heterocycles. The Balaban J connectivity index is 1.99. The quantitative estimate of drug-likeness (QED) is 0.712. The molecule has 0 bridgehead atoms. The number of nitrogens with zero attached hydrogens (tertiary/aromatic N) is 4. The Labute approximate surface area is 115 Å². The van der Waals surface area contributed by atoms with Gasteiger partial charge in [0.2, 0.25) is 0 Å². The van der Waals surface area contributed by atoms with Crippen LogP contribution in [-0.4, -0.2) is 14.7 Å². The summed E-state index contributed by atoms with van der Waals surface area (Å²) in [6.45, 7) is 1.87. The lowest BCUT2D eigenvalue weighted by Crippen LogP contribution is -1.97. The molecule has 5 nitrogen and oxygen atoms in total. The molecule has 0 aliphatic heterocycles. The zero-order valence-corrected chi connectivity index (χ0v) is 11.0. The van der Waals surface area contributed by atoms with Crippen LogP contribution in [0.1, 0.15) is 30.2 Å². The van der Waals surface area contributed by atoms with Crippen molar-refractivity contribution in [1.82, 2.24) is 14.7 Å². The topological polar surface area (TPSA) is 67.6 Å². The first-order chi connectivity index (χ1) is 9.76. The van der Waals surface area contributed by atoms with Gasteiger partial charge in [-0.15, -0.1) is 0 Å². The zero-order chi connectivity index (χ0) is 13.7. The largest absolute Gasteiger partial charge is 0.361 e. The highest BCUT2D eigenvalue weighted by Gasteiger charge is 2.29. The van der Waals surface area contributed by atoms with Gasteiger partial charge in [0.15, 0.2) is 5.82 Å². The minimum absolute atomic E-state index is 0.486. The lowest BCUT2D eigenvalue weighted by molar-refractivity contribution is 0.399. The average Bonchev–Trinajstić information content (AvgIpc) is 3.09. The van der Waals surface area contributed by atoms with E-state index in [4.69, 9.17) is 9.78 Å². The third-order valence-corrected chi connectivity index (χ3v) is 3.59. The van der Waals surface area contributed by atoms with Gasteiger partial charge >= 0.3 is 0 Å². The summed E-state index contributed by atoms with van der Waals surface area (Å²) < 4.78 is 7.38. The molecule has 2 aromatic heterocycles. The molecule has 0 unspecified atom stereocenters. The number of aryl methyl sites for hydroxylation is 1. The second kappa shape index (κ2) is 3.94. The number of hydrogen-bond acceptors (Lipinski definition) is 4. The number of nitriles is 1. The lowest BCUT2D eigenvalue weighted by atomic mass is 10.2. The molecule has 1 aliphatic rings. The highest BCUT2D eigenvalue weighted by atomic mass is 16.5. The molecule has 3 aromatic rings. The van der Waals surface area contributed by atoms with Crippen molar-refractivity contribution in [3.8, 4) is 17.6 Å². The van der Waals surface area contributed by atoms with Crippen molar-refractivity contribution >= 4 is 11.0 Å². The van der Waals surface area contributed by atoms with E-state index in [0.29, 0.717) is 11.6 Å². The minimum Gasteiger partial charge on any atom is -0.361 e. The van der Waals surface area contributed by atoms with Gasteiger partial charge in [-0.1, -0.05) is 5.16 Å². The van der Waals surface area contributed by atoms with E-state index < -0.39 is 0 Å². The predicted octanol–water partition coefficient (Wildman–Crippen LogP) is 3.21. The van der Waals surface area contributed by atoms with Crippen molar-refractivity contribution < 1.29 is 4.52 Å². The smallest absolute Gasteiger partial charge is 0.163 e. The standard InChI is InChI=1S/C15H12N4O/c1-9-6-13(18-20-9)15-17-12-7-10(8-16)2-5-14(12)19(15)11-3-4-11/h2,5-7,11H,3-4H2,1H3. The molecule has 98 valence electrons. The molecule has 20 heavy (non-hydrogen) atoms. The summed E-state index contributed by atoms with van der Waals surface area (Å²) in [5.74, 6) is 1.60. The van der Waals surface area contributed by atoms with Crippen molar-refractivity contribution in [2.45, 2.75) is 25.8 Å². The summed E-state index contributed by atoms with van der Waals surface area (Å²) in [7, 11) is 0. The summed E-state index contributed by atoms with van der Waals surface area (Å²) >= 11 is 0. The summed E-state index contributed by atoms with van der Waals surface area (Å²) in [5, 5.41) is 13.1. The molecule has 0 amide bonds. The van der Waals surface area contributed by atoms with Crippen LogP contribution in [0, 0.1) is 18.3 Å². The van der Waals surface area contributed by atoms with E-state index in [1.54, 1.807) is 0 Å². The van der Waals surface area contributed by atoms with E-state index in [9.17, 15) is 0 Å². The Morgan fingerprint density at radius 2 is 2.20 bits per heavy atom. The third kappa shape index (κ3) is 1.62. The Bertz CT molecular complexity index is 849. The van der Waals surface area contributed by atoms with Crippen molar-refractivity contribution in [2.24, 2.45) is 0 Å². The molecule has 0 N–H and O–H groups in total. The molecule has 1 fully saturated rings. The predicted molar refractivity (Wildman–Crippen MR) is 73.0 cm³/mol. The molecular formula is C15H12N4O. The van der Waals surface area contributed by atoms with Crippen LogP contribution in [-0.2, 0) is 0 Å². The molecular weight excluding hydrogens is 252 g/mol. The number of aromatic nitrogens is 3. The maximum Gasteiger partial charge on any atom is 0.163 e. The van der Waals surface area contributed by atoms with Gasteiger partial charge in [0, 0.05) is 12.1 Å². The first-order valence-corrected chi connectivity index (χ1v) is 6.62. The van der Waals surface area contributed by atoms with Gasteiger partial charge in [0.1, 0.15) is 11.5 Å². The van der Waals surface area contributed by atoms with Crippen LogP contribution in [0.5, 0.6) is 0 Å². The van der Waals surface area contributed by atoms with Crippen LogP contribution in [0.15, 0.2) is 28.8 Å². The second-order valence-electron chi connectivity index (χ2n) is 5.17. The first kappa shape index (κ1) is 11.2. The first-order valence-electron chi connectivity index (χ1n) is 6.62. The SMILES string of the molecule is Cc1cc(-c2nc3cc(C#N)ccc3n2C2CC2)no1. The van der Waals surface area contributed by atoms with E-state index in [2.05, 4.69) is 20.8 Å². The van der Waals surface area contributed by atoms with Crippen LogP contribution < -0.4 is 0 Å². The Hall–Kier alpha value is -2.61. The Morgan fingerprint density at radius 3 is 2.85 bits per heavy atom. The molecule has 1 saturated carbocycles. The third-order valence-electron chi connectivity index (χ3n) is 3.59. The van der Waals surface area contributed by atoms with Crippen molar-refractivity contribution in [1.29, 1.82) is 5.26 Å². The van der Waals surface area contributed by atoms with Gasteiger partial charge < -0.3 is 9.09 Å². The molecule has 0 radical (unpaired) electrons. The molecule has 0 spiro atoms. The van der Waals surface area contributed by atoms with Crippen molar-refractivity contribution in [2.75, 3.05) is 0 Å². The fourth-order valence-electron chi connectivity index (χ4n) is 2.52. The van der Waals surface area contributed by atoms with E-state index in [-0.39, 0.29) is 0 Å². The Kier molecular flexibility index (Phi) is 2.21. The summed E-state index contributed by atoms with van der Waals surface area (Å²) in [4.78, 5) is 4.66. The van der Waals surface area contributed by atoms with E-state index in [1.807, 2.05) is 31.2 Å². The highest BCUT2D eigenvalue weighted by Crippen LogP contribution is 2.41. The fraction of sp³-hybridized carbons (Fsp3) is 0.267. The zero-order valence-electron chi connectivity index (χ0n) is 11.0. The van der Waals surface area contributed by atoms with E-state index in [0.717, 1.165) is 41.2 Å². The van der Waals surface area contributed by atoms with Crippen LogP contribution in [0.2, 0.25) is 0 Å². The fourth-order valence-corrected chi connectivity index (χ4v) is 2.52. The van der Waals surface area contributed by atoms with Crippen LogP contribution in [0.3, 0.4) is 0 Å². The minimum atomic E-state index is 0.486. The number of hydrogen-bond donors (Lipinski definition) is 0. The van der Waals surface area contributed by atoms with Crippen molar-refractivity contribution in [3.63, 3.8) is 0 Å². The maximum absolute atomic E-state index is 9.00. The molecule has 0 atom stereocenters. The van der Waals surface area contributed by atoms with Gasteiger partial charge in [-0.3, -0.25) is 0 Å². The van der Waals surface area contributed by atoms with Gasteiger partial charge in [-0.05, 0) is 38.0 Å². The van der Waals surface area contributed by atoms with Crippen LogP contribution in [0.4, 0.5) is 0 Å².